The summed E-state index contributed by atoms with van der Waals surface area (Å²) in [6, 6.07) is 8.01. The van der Waals surface area contributed by atoms with Crippen LogP contribution in [0.4, 0.5) is 0 Å². The molecule has 0 spiro atoms. The van der Waals surface area contributed by atoms with Crippen LogP contribution in [0, 0.1) is 6.92 Å². The number of furan rings is 1. The fraction of sp³-hybridized carbons (Fsp3) is 0.429. The minimum Gasteiger partial charge on any atom is -0.459 e. The summed E-state index contributed by atoms with van der Waals surface area (Å²) in [5, 5.41) is 4.25. The van der Waals surface area contributed by atoms with Crippen molar-refractivity contribution in [1.29, 1.82) is 0 Å². The number of methoxy groups -OCH3 is 2. The Labute approximate surface area is 107 Å². The molecule has 4 nitrogen and oxygen atoms in total. The second-order valence-electron chi connectivity index (χ2n) is 4.30. The Bertz CT molecular complexity index is 517. The second kappa shape index (κ2) is 5.52. The zero-order valence-corrected chi connectivity index (χ0v) is 11.2. The van der Waals surface area contributed by atoms with Gasteiger partial charge in [0.25, 0.3) is 0 Å². The highest BCUT2D eigenvalue weighted by atomic mass is 16.7. The lowest BCUT2D eigenvalue weighted by molar-refractivity contribution is -0.126. The van der Waals surface area contributed by atoms with Crippen LogP contribution >= 0.6 is 0 Å². The summed E-state index contributed by atoms with van der Waals surface area (Å²) < 4.78 is 16.4. The summed E-state index contributed by atoms with van der Waals surface area (Å²) in [7, 11) is 5.09. The molecule has 0 bridgehead atoms. The predicted octanol–water partition coefficient (Wildman–Crippen LogP) is 2.62. The molecule has 1 N–H and O–H groups in total. The Balaban J connectivity index is 2.39. The molecule has 1 heterocycles. The van der Waals surface area contributed by atoms with E-state index in [0.29, 0.717) is 0 Å². The molecule has 0 saturated heterocycles. The lowest BCUT2D eigenvalue weighted by atomic mass is 10.1. The molecule has 0 saturated carbocycles. The third-order valence-corrected chi connectivity index (χ3v) is 3.05. The van der Waals surface area contributed by atoms with Crippen LogP contribution in [-0.4, -0.2) is 27.6 Å². The van der Waals surface area contributed by atoms with Gasteiger partial charge in [-0.05, 0) is 32.2 Å². The van der Waals surface area contributed by atoms with Crippen molar-refractivity contribution in [2.45, 2.75) is 19.3 Å². The number of aryl methyl sites for hydroxylation is 1. The predicted molar refractivity (Wildman–Crippen MR) is 70.6 cm³/mol. The van der Waals surface area contributed by atoms with Gasteiger partial charge in [-0.1, -0.05) is 11.6 Å². The molecule has 2 rings (SSSR count). The lowest BCUT2D eigenvalue weighted by Gasteiger charge is -2.22. The SMILES string of the molecule is CNC(c1cc2cc(C)ccc2o1)C(OC)OC. The third kappa shape index (κ3) is 2.41. The lowest BCUT2D eigenvalue weighted by Crippen LogP contribution is -2.32. The minimum atomic E-state index is -0.378. The number of benzene rings is 1. The van der Waals surface area contributed by atoms with E-state index in [-0.39, 0.29) is 12.3 Å². The van der Waals surface area contributed by atoms with E-state index >= 15 is 0 Å². The van der Waals surface area contributed by atoms with Crippen LogP contribution in [0.15, 0.2) is 28.7 Å². The van der Waals surface area contributed by atoms with Crippen LogP contribution in [0.2, 0.25) is 0 Å². The van der Waals surface area contributed by atoms with Crippen LogP contribution in [0.3, 0.4) is 0 Å². The smallest absolute Gasteiger partial charge is 0.179 e. The molecule has 0 radical (unpaired) electrons. The Morgan fingerprint density at radius 3 is 2.50 bits per heavy atom. The van der Waals surface area contributed by atoms with Crippen LogP contribution < -0.4 is 5.32 Å². The molecule has 4 heteroatoms. The molecule has 0 fully saturated rings. The first-order valence-electron chi connectivity index (χ1n) is 5.92. The van der Waals surface area contributed by atoms with Crippen molar-refractivity contribution in [2.75, 3.05) is 21.3 Å². The van der Waals surface area contributed by atoms with E-state index in [0.717, 1.165) is 16.7 Å². The van der Waals surface area contributed by atoms with Gasteiger partial charge in [0.1, 0.15) is 17.4 Å². The van der Waals surface area contributed by atoms with Gasteiger partial charge < -0.3 is 19.2 Å². The van der Waals surface area contributed by atoms with E-state index in [1.165, 1.54) is 5.56 Å². The van der Waals surface area contributed by atoms with Crippen molar-refractivity contribution in [3.8, 4) is 0 Å². The topological polar surface area (TPSA) is 43.6 Å². The first kappa shape index (κ1) is 13.1. The zero-order valence-electron chi connectivity index (χ0n) is 11.2. The van der Waals surface area contributed by atoms with Gasteiger partial charge in [-0.15, -0.1) is 0 Å². The van der Waals surface area contributed by atoms with Gasteiger partial charge in [-0.25, -0.2) is 0 Å². The van der Waals surface area contributed by atoms with Crippen molar-refractivity contribution in [3.63, 3.8) is 0 Å². The molecule has 0 aliphatic rings. The molecular weight excluding hydrogens is 230 g/mol. The molecule has 1 aromatic carbocycles. The fourth-order valence-corrected chi connectivity index (χ4v) is 2.12. The van der Waals surface area contributed by atoms with Crippen LogP contribution in [0.5, 0.6) is 0 Å². The normalized spacial score (nSPS) is 13.4. The highest BCUT2D eigenvalue weighted by molar-refractivity contribution is 5.78. The fourth-order valence-electron chi connectivity index (χ4n) is 2.12. The van der Waals surface area contributed by atoms with Crippen LogP contribution in [0.25, 0.3) is 11.0 Å². The molecule has 2 aromatic rings. The summed E-state index contributed by atoms with van der Waals surface area (Å²) in [6.07, 6.45) is -0.378. The van der Waals surface area contributed by atoms with Crippen molar-refractivity contribution in [2.24, 2.45) is 0 Å². The van der Waals surface area contributed by atoms with E-state index in [2.05, 4.69) is 18.3 Å². The number of nitrogens with one attached hydrogen (secondary N) is 1. The first-order chi connectivity index (χ1) is 8.69. The highest BCUT2D eigenvalue weighted by Gasteiger charge is 2.24. The van der Waals surface area contributed by atoms with E-state index in [1.807, 2.05) is 25.2 Å². The van der Waals surface area contributed by atoms with Gasteiger partial charge in [-0.3, -0.25) is 0 Å². The van der Waals surface area contributed by atoms with Crippen molar-refractivity contribution in [1.82, 2.24) is 5.32 Å². The number of hydrogen-bond donors (Lipinski definition) is 1. The Hall–Kier alpha value is -1.36. The Morgan fingerprint density at radius 1 is 1.17 bits per heavy atom. The number of fused-ring (bicyclic) bond motifs is 1. The van der Waals surface area contributed by atoms with Crippen molar-refractivity contribution in [3.05, 3.63) is 35.6 Å². The average molecular weight is 249 g/mol. The summed E-state index contributed by atoms with van der Waals surface area (Å²) >= 11 is 0. The minimum absolute atomic E-state index is 0.132. The van der Waals surface area contributed by atoms with Gasteiger partial charge in [0.15, 0.2) is 6.29 Å². The largest absolute Gasteiger partial charge is 0.459 e. The van der Waals surface area contributed by atoms with Gasteiger partial charge in [-0.2, -0.15) is 0 Å². The average Bonchev–Trinajstić information content (AvgIpc) is 2.78. The maximum Gasteiger partial charge on any atom is 0.179 e. The number of hydrogen-bond acceptors (Lipinski definition) is 4. The Kier molecular flexibility index (Phi) is 4.01. The summed E-state index contributed by atoms with van der Waals surface area (Å²) in [4.78, 5) is 0. The second-order valence-corrected chi connectivity index (χ2v) is 4.30. The molecule has 1 aromatic heterocycles. The molecule has 98 valence electrons. The highest BCUT2D eigenvalue weighted by Crippen LogP contribution is 2.27. The number of ether oxygens (including phenoxy) is 2. The number of likely N-dealkylation sites (N-methyl/N-ethyl adjacent to an activating group) is 1. The Morgan fingerprint density at radius 2 is 1.89 bits per heavy atom. The summed E-state index contributed by atoms with van der Waals surface area (Å²) in [5.74, 6) is 0.812. The van der Waals surface area contributed by atoms with E-state index in [4.69, 9.17) is 13.9 Å². The number of rotatable bonds is 5. The quantitative estimate of drug-likeness (QED) is 0.827. The molecule has 0 aliphatic carbocycles. The van der Waals surface area contributed by atoms with Gasteiger partial charge in [0.2, 0.25) is 0 Å². The monoisotopic (exact) mass is 249 g/mol. The molecule has 0 aliphatic heterocycles. The van der Waals surface area contributed by atoms with E-state index < -0.39 is 0 Å². The molecule has 1 atom stereocenters. The summed E-state index contributed by atoms with van der Waals surface area (Å²) in [5.41, 5.74) is 2.09. The standard InChI is InChI=1S/C14H19NO3/c1-9-5-6-11-10(7-9)8-12(18-11)13(15-2)14(16-3)17-4/h5-8,13-15H,1-4H3. The van der Waals surface area contributed by atoms with E-state index in [1.54, 1.807) is 14.2 Å². The zero-order chi connectivity index (χ0) is 13.1. The van der Waals surface area contributed by atoms with E-state index in [9.17, 15) is 0 Å². The first-order valence-corrected chi connectivity index (χ1v) is 5.92. The van der Waals surface area contributed by atoms with Gasteiger partial charge in [0.05, 0.1) is 0 Å². The molecule has 18 heavy (non-hydrogen) atoms. The molecule has 1 unspecified atom stereocenters. The maximum atomic E-state index is 5.84. The van der Waals surface area contributed by atoms with Gasteiger partial charge >= 0.3 is 0 Å². The van der Waals surface area contributed by atoms with Crippen molar-refractivity contribution >= 4 is 11.0 Å². The maximum absolute atomic E-state index is 5.84. The summed E-state index contributed by atoms with van der Waals surface area (Å²) in [6.45, 7) is 2.06. The van der Waals surface area contributed by atoms with Gasteiger partial charge in [0, 0.05) is 19.6 Å². The molecular formula is C14H19NO3. The van der Waals surface area contributed by atoms with Crippen LogP contribution in [0.1, 0.15) is 17.4 Å². The van der Waals surface area contributed by atoms with Crippen molar-refractivity contribution < 1.29 is 13.9 Å². The molecule has 0 amide bonds. The van der Waals surface area contributed by atoms with Crippen LogP contribution in [-0.2, 0) is 9.47 Å². The third-order valence-electron chi connectivity index (χ3n) is 3.05.